The molecule has 0 aromatic carbocycles. The van der Waals surface area contributed by atoms with Crippen LogP contribution in [0.2, 0.25) is 0 Å². The first kappa shape index (κ1) is 14.3. The van der Waals surface area contributed by atoms with Crippen molar-refractivity contribution in [3.63, 3.8) is 0 Å². The topological polar surface area (TPSA) is 46.5 Å². The van der Waals surface area contributed by atoms with Gasteiger partial charge in [-0.1, -0.05) is 25.2 Å². The summed E-state index contributed by atoms with van der Waals surface area (Å²) in [7, 11) is 1.39. The van der Waals surface area contributed by atoms with Crippen LogP contribution in [0.25, 0.3) is 0 Å². The molecule has 0 saturated heterocycles. The van der Waals surface area contributed by atoms with E-state index >= 15 is 0 Å². The number of hydrogen-bond acceptors (Lipinski definition) is 3. The first-order valence-corrected chi connectivity index (χ1v) is 7.08. The number of carbonyl (C=O) groups is 1. The number of hydrogen-bond donors (Lipinski definition) is 1. The number of aliphatic hydroxyl groups is 1. The van der Waals surface area contributed by atoms with Gasteiger partial charge in [-0.25, -0.2) is 4.79 Å². The van der Waals surface area contributed by atoms with E-state index in [-0.39, 0.29) is 11.9 Å². The van der Waals surface area contributed by atoms with Gasteiger partial charge < -0.3 is 9.84 Å². The fraction of sp³-hybridized carbons (Fsp3) is 0.688. The van der Waals surface area contributed by atoms with Gasteiger partial charge in [0.05, 0.1) is 12.7 Å². The average molecular weight is 264 g/mol. The maximum atomic E-state index is 11.7. The Labute approximate surface area is 115 Å². The predicted molar refractivity (Wildman–Crippen MR) is 74.5 cm³/mol. The van der Waals surface area contributed by atoms with E-state index in [0.717, 1.165) is 25.7 Å². The first-order valence-electron chi connectivity index (χ1n) is 7.08. The number of carbonyl (C=O) groups excluding carboxylic acids is 1. The molecule has 1 fully saturated rings. The van der Waals surface area contributed by atoms with Gasteiger partial charge in [0.2, 0.25) is 0 Å². The molecule has 106 valence electrons. The van der Waals surface area contributed by atoms with Crippen molar-refractivity contribution in [1.29, 1.82) is 0 Å². The summed E-state index contributed by atoms with van der Waals surface area (Å²) < 4.78 is 4.80. The SMILES string of the molecule is C=C(C(=O)OC)[C@@H]1CC[C@@H](C)[C@@H]2CC[C@@](C)(O)C=C12. The molecule has 0 aromatic rings. The summed E-state index contributed by atoms with van der Waals surface area (Å²) in [6.07, 6.45) is 5.78. The standard InChI is InChI=1S/C16H24O3/c1-10-5-6-13(11(2)15(17)19-4)14-9-16(3,18)8-7-12(10)14/h9-10,12-13,18H,2,5-8H2,1,3-4H3/t10-,12+,13+,16-/m1/s1. The van der Waals surface area contributed by atoms with Crippen LogP contribution in [-0.4, -0.2) is 23.8 Å². The molecular weight excluding hydrogens is 240 g/mol. The summed E-state index contributed by atoms with van der Waals surface area (Å²) >= 11 is 0. The number of rotatable bonds is 2. The molecule has 3 heteroatoms. The number of esters is 1. The molecule has 1 N–H and O–H groups in total. The molecule has 1 saturated carbocycles. The lowest BCUT2D eigenvalue weighted by Crippen LogP contribution is -2.37. The van der Waals surface area contributed by atoms with Crippen molar-refractivity contribution in [3.8, 4) is 0 Å². The highest BCUT2D eigenvalue weighted by Gasteiger charge is 2.40. The van der Waals surface area contributed by atoms with Gasteiger partial charge in [0.15, 0.2) is 0 Å². The van der Waals surface area contributed by atoms with E-state index in [0.29, 0.717) is 17.4 Å². The minimum Gasteiger partial charge on any atom is -0.466 e. The lowest BCUT2D eigenvalue weighted by molar-refractivity contribution is -0.136. The van der Waals surface area contributed by atoms with Crippen molar-refractivity contribution in [2.45, 2.75) is 45.1 Å². The zero-order chi connectivity index (χ0) is 14.2. The molecule has 0 unspecified atom stereocenters. The lowest BCUT2D eigenvalue weighted by Gasteiger charge is -2.43. The van der Waals surface area contributed by atoms with Crippen LogP contribution in [0.1, 0.15) is 39.5 Å². The van der Waals surface area contributed by atoms with Gasteiger partial charge in [0.25, 0.3) is 0 Å². The van der Waals surface area contributed by atoms with Gasteiger partial charge in [-0.3, -0.25) is 0 Å². The van der Waals surface area contributed by atoms with Crippen LogP contribution in [0.15, 0.2) is 23.8 Å². The summed E-state index contributed by atoms with van der Waals surface area (Å²) in [5.41, 5.74) is 0.978. The van der Waals surface area contributed by atoms with Crippen molar-refractivity contribution in [2.75, 3.05) is 7.11 Å². The largest absolute Gasteiger partial charge is 0.466 e. The Balaban J connectivity index is 2.32. The zero-order valence-corrected chi connectivity index (χ0v) is 12.1. The summed E-state index contributed by atoms with van der Waals surface area (Å²) in [4.78, 5) is 11.7. The van der Waals surface area contributed by atoms with Gasteiger partial charge in [-0.15, -0.1) is 0 Å². The Bertz CT molecular complexity index is 420. The summed E-state index contributed by atoms with van der Waals surface area (Å²) in [6, 6.07) is 0. The summed E-state index contributed by atoms with van der Waals surface area (Å²) in [5, 5.41) is 10.3. The van der Waals surface area contributed by atoms with Gasteiger partial charge in [-0.2, -0.15) is 0 Å². The number of allylic oxidation sites excluding steroid dienone is 1. The quantitative estimate of drug-likeness (QED) is 0.474. The van der Waals surface area contributed by atoms with Crippen LogP contribution >= 0.6 is 0 Å². The summed E-state index contributed by atoms with van der Waals surface area (Å²) in [5.74, 6) is 0.800. The molecule has 2 aliphatic carbocycles. The highest BCUT2D eigenvalue weighted by molar-refractivity contribution is 5.89. The second-order valence-electron chi connectivity index (χ2n) is 6.27. The third kappa shape index (κ3) is 2.76. The van der Waals surface area contributed by atoms with Crippen molar-refractivity contribution in [1.82, 2.24) is 0 Å². The smallest absolute Gasteiger partial charge is 0.333 e. The molecule has 2 aliphatic rings. The van der Waals surface area contributed by atoms with Crippen molar-refractivity contribution < 1.29 is 14.6 Å². The molecule has 0 heterocycles. The molecular formula is C16H24O3. The van der Waals surface area contributed by atoms with Crippen molar-refractivity contribution >= 4 is 5.97 Å². The van der Waals surface area contributed by atoms with Gasteiger partial charge in [-0.05, 0) is 44.4 Å². The van der Waals surface area contributed by atoms with Gasteiger partial charge >= 0.3 is 5.97 Å². The molecule has 4 atom stereocenters. The summed E-state index contributed by atoms with van der Waals surface area (Å²) in [6.45, 7) is 8.02. The number of ether oxygens (including phenoxy) is 1. The molecule has 0 aromatic heterocycles. The molecule has 3 nitrogen and oxygen atoms in total. The first-order chi connectivity index (χ1) is 8.85. The van der Waals surface area contributed by atoms with Gasteiger partial charge in [0.1, 0.15) is 0 Å². The Hall–Kier alpha value is -1.09. The van der Waals surface area contributed by atoms with Gasteiger partial charge in [0, 0.05) is 11.5 Å². The molecule has 2 rings (SSSR count). The Morgan fingerprint density at radius 2 is 2.16 bits per heavy atom. The van der Waals surface area contributed by atoms with E-state index in [1.54, 1.807) is 0 Å². The van der Waals surface area contributed by atoms with E-state index in [1.165, 1.54) is 12.7 Å². The maximum absolute atomic E-state index is 11.7. The monoisotopic (exact) mass is 264 g/mol. The fourth-order valence-electron chi connectivity index (χ4n) is 3.57. The van der Waals surface area contributed by atoms with Crippen molar-refractivity contribution in [3.05, 3.63) is 23.8 Å². The number of fused-ring (bicyclic) bond motifs is 1. The number of methoxy groups -OCH3 is 1. The third-order valence-corrected chi connectivity index (χ3v) is 4.74. The molecule has 0 aliphatic heterocycles. The zero-order valence-electron chi connectivity index (χ0n) is 12.1. The molecule has 19 heavy (non-hydrogen) atoms. The molecule has 0 spiro atoms. The molecule has 0 bridgehead atoms. The Morgan fingerprint density at radius 3 is 2.79 bits per heavy atom. The maximum Gasteiger partial charge on any atom is 0.333 e. The highest BCUT2D eigenvalue weighted by atomic mass is 16.5. The predicted octanol–water partition coefficient (Wildman–Crippen LogP) is 2.85. The Kier molecular flexibility index (Phi) is 3.86. The normalized spacial score (nSPS) is 38.1. The van der Waals surface area contributed by atoms with E-state index in [4.69, 9.17) is 4.74 Å². The van der Waals surface area contributed by atoms with Crippen LogP contribution in [0.5, 0.6) is 0 Å². The average Bonchev–Trinajstić information content (AvgIpc) is 2.36. The van der Waals surface area contributed by atoms with E-state index in [1.807, 2.05) is 13.0 Å². The highest BCUT2D eigenvalue weighted by Crippen LogP contribution is 2.47. The minimum atomic E-state index is -0.752. The minimum absolute atomic E-state index is 0.0421. The molecule has 0 amide bonds. The van der Waals surface area contributed by atoms with Crippen LogP contribution in [-0.2, 0) is 9.53 Å². The lowest BCUT2D eigenvalue weighted by atomic mass is 9.63. The fourth-order valence-corrected chi connectivity index (χ4v) is 3.57. The Morgan fingerprint density at radius 1 is 1.47 bits per heavy atom. The third-order valence-electron chi connectivity index (χ3n) is 4.74. The second-order valence-corrected chi connectivity index (χ2v) is 6.27. The van der Waals surface area contributed by atoms with Crippen LogP contribution in [0, 0.1) is 17.8 Å². The second kappa shape index (κ2) is 5.12. The van der Waals surface area contributed by atoms with Crippen molar-refractivity contribution in [2.24, 2.45) is 17.8 Å². The van der Waals surface area contributed by atoms with Crippen LogP contribution in [0.4, 0.5) is 0 Å². The van der Waals surface area contributed by atoms with Crippen LogP contribution < -0.4 is 0 Å². The van der Waals surface area contributed by atoms with Crippen LogP contribution in [0.3, 0.4) is 0 Å². The van der Waals surface area contributed by atoms with E-state index < -0.39 is 5.60 Å². The van der Waals surface area contributed by atoms with E-state index in [2.05, 4.69) is 13.5 Å². The van der Waals surface area contributed by atoms with E-state index in [9.17, 15) is 9.90 Å². The molecule has 0 radical (unpaired) electrons.